The van der Waals surface area contributed by atoms with Crippen LogP contribution in [0, 0.1) is 6.92 Å². The van der Waals surface area contributed by atoms with Crippen LogP contribution in [0.3, 0.4) is 0 Å². The van der Waals surface area contributed by atoms with Crippen LogP contribution in [0.1, 0.15) is 37.7 Å². The number of benzene rings is 1. The van der Waals surface area contributed by atoms with Crippen molar-refractivity contribution in [3.05, 3.63) is 29.8 Å². The van der Waals surface area contributed by atoms with Crippen LogP contribution >= 0.6 is 11.8 Å². The van der Waals surface area contributed by atoms with Crippen molar-refractivity contribution >= 4 is 23.7 Å². The molecule has 3 N–H and O–H groups in total. The molecule has 2 aromatic rings. The fraction of sp³-hybridized carbons (Fsp3) is 0.444. The van der Waals surface area contributed by atoms with E-state index in [1.807, 2.05) is 31.2 Å². The number of carbonyl (C=O) groups excluding carboxylic acids is 2. The number of hydrogen-bond acceptors (Lipinski definition) is 5. The number of nitrogens with one attached hydrogen (secondary N) is 3. The lowest BCUT2D eigenvalue weighted by molar-refractivity contribution is -0.117. The van der Waals surface area contributed by atoms with Gasteiger partial charge in [0, 0.05) is 11.6 Å². The number of hydrogen-bond donors (Lipinski definition) is 3. The molecule has 0 unspecified atom stereocenters. The second-order valence-electron chi connectivity index (χ2n) is 6.48. The predicted octanol–water partition coefficient (Wildman–Crippen LogP) is 3.03. The third-order valence-electron chi connectivity index (χ3n) is 4.32. The van der Waals surface area contributed by atoms with Crippen LogP contribution in [0.25, 0.3) is 11.4 Å². The molecule has 1 saturated carbocycles. The third kappa shape index (κ3) is 5.32. The number of H-pyrrole nitrogens is 1. The number of amides is 3. The highest BCUT2D eigenvalue weighted by atomic mass is 32.2. The topological polar surface area (TPSA) is 99.8 Å². The maximum atomic E-state index is 11.9. The summed E-state index contributed by atoms with van der Waals surface area (Å²) in [7, 11) is 0. The molecule has 1 aromatic carbocycles. The molecule has 26 heavy (non-hydrogen) atoms. The molecule has 0 spiro atoms. The van der Waals surface area contributed by atoms with Crippen molar-refractivity contribution in [1.82, 2.24) is 25.8 Å². The van der Waals surface area contributed by atoms with Gasteiger partial charge in [0.05, 0.1) is 5.75 Å². The van der Waals surface area contributed by atoms with Crippen LogP contribution in [0.4, 0.5) is 4.79 Å². The first-order chi connectivity index (χ1) is 12.6. The van der Waals surface area contributed by atoms with E-state index >= 15 is 0 Å². The van der Waals surface area contributed by atoms with Gasteiger partial charge < -0.3 is 5.32 Å². The second-order valence-corrected chi connectivity index (χ2v) is 7.42. The summed E-state index contributed by atoms with van der Waals surface area (Å²) in [6, 6.07) is 7.69. The predicted molar refractivity (Wildman–Crippen MR) is 101 cm³/mol. The Bertz CT molecular complexity index is 753. The number of thioether (sulfide) groups is 1. The van der Waals surface area contributed by atoms with E-state index in [4.69, 9.17) is 0 Å². The Morgan fingerprint density at radius 2 is 1.92 bits per heavy atom. The third-order valence-corrected chi connectivity index (χ3v) is 5.16. The summed E-state index contributed by atoms with van der Waals surface area (Å²) in [5, 5.41) is 12.7. The van der Waals surface area contributed by atoms with Gasteiger partial charge in [-0.3, -0.25) is 15.2 Å². The van der Waals surface area contributed by atoms with Crippen molar-refractivity contribution in [2.24, 2.45) is 0 Å². The van der Waals surface area contributed by atoms with Crippen LogP contribution in [-0.2, 0) is 4.79 Å². The summed E-state index contributed by atoms with van der Waals surface area (Å²) in [5.74, 6) is 0.386. The highest BCUT2D eigenvalue weighted by Gasteiger charge is 2.17. The maximum absolute atomic E-state index is 11.9. The van der Waals surface area contributed by atoms with Crippen LogP contribution in [-0.4, -0.2) is 38.9 Å². The van der Waals surface area contributed by atoms with E-state index in [1.165, 1.54) is 23.7 Å². The Kier molecular flexibility index (Phi) is 6.27. The Labute approximate surface area is 156 Å². The molecule has 1 fully saturated rings. The fourth-order valence-corrected chi connectivity index (χ4v) is 3.51. The molecule has 0 radical (unpaired) electrons. The molecule has 8 heteroatoms. The van der Waals surface area contributed by atoms with Crippen molar-refractivity contribution in [2.45, 2.75) is 50.2 Å². The quantitative estimate of drug-likeness (QED) is 0.700. The summed E-state index contributed by atoms with van der Waals surface area (Å²) in [6.45, 7) is 2.02. The second kappa shape index (κ2) is 8.84. The van der Waals surface area contributed by atoms with Crippen LogP contribution in [0.2, 0.25) is 0 Å². The summed E-state index contributed by atoms with van der Waals surface area (Å²) in [6.07, 6.45) is 5.44. The average Bonchev–Trinajstić information content (AvgIpc) is 3.10. The molecule has 138 valence electrons. The number of urea groups is 1. The SMILES string of the molecule is Cc1ccc(-c2nc(SCC(=O)NC(=O)NC3CCCCC3)n[nH]2)cc1. The Morgan fingerprint density at radius 1 is 1.19 bits per heavy atom. The van der Waals surface area contributed by atoms with Gasteiger partial charge in [-0.1, -0.05) is 60.9 Å². The highest BCUT2D eigenvalue weighted by Crippen LogP contribution is 2.19. The van der Waals surface area contributed by atoms with Gasteiger partial charge >= 0.3 is 6.03 Å². The van der Waals surface area contributed by atoms with Gasteiger partial charge in [0.25, 0.3) is 0 Å². The first-order valence-corrected chi connectivity index (χ1v) is 9.81. The summed E-state index contributed by atoms with van der Waals surface area (Å²) in [4.78, 5) is 28.2. The molecule has 1 aliphatic rings. The van der Waals surface area contributed by atoms with Crippen molar-refractivity contribution in [1.29, 1.82) is 0 Å². The first kappa shape index (κ1) is 18.4. The van der Waals surface area contributed by atoms with E-state index in [9.17, 15) is 9.59 Å². The van der Waals surface area contributed by atoms with E-state index in [-0.39, 0.29) is 17.7 Å². The highest BCUT2D eigenvalue weighted by molar-refractivity contribution is 7.99. The van der Waals surface area contributed by atoms with Gasteiger partial charge in [-0.25, -0.2) is 9.78 Å². The Morgan fingerprint density at radius 3 is 2.65 bits per heavy atom. The molecule has 1 aromatic heterocycles. The monoisotopic (exact) mass is 373 g/mol. The van der Waals surface area contributed by atoms with Crippen LogP contribution in [0.15, 0.2) is 29.4 Å². The van der Waals surface area contributed by atoms with Crippen molar-refractivity contribution < 1.29 is 9.59 Å². The zero-order chi connectivity index (χ0) is 18.4. The number of nitrogens with zero attached hydrogens (tertiary/aromatic N) is 2. The Hall–Kier alpha value is -2.35. The van der Waals surface area contributed by atoms with Crippen molar-refractivity contribution in [3.8, 4) is 11.4 Å². The van der Waals surface area contributed by atoms with Crippen LogP contribution < -0.4 is 10.6 Å². The number of aryl methyl sites for hydroxylation is 1. The molecule has 3 amide bonds. The Balaban J connectivity index is 1.44. The van der Waals surface area contributed by atoms with Gasteiger partial charge in [-0.05, 0) is 19.8 Å². The number of aromatic amines is 1. The summed E-state index contributed by atoms with van der Waals surface area (Å²) < 4.78 is 0. The normalized spacial score (nSPS) is 14.8. The molecule has 7 nitrogen and oxygen atoms in total. The minimum atomic E-state index is -0.419. The lowest BCUT2D eigenvalue weighted by Crippen LogP contribution is -2.45. The van der Waals surface area contributed by atoms with Crippen LogP contribution in [0.5, 0.6) is 0 Å². The van der Waals surface area contributed by atoms with Gasteiger partial charge in [0.1, 0.15) is 0 Å². The van der Waals surface area contributed by atoms with E-state index in [1.54, 1.807) is 0 Å². The number of carbonyl (C=O) groups is 2. The minimum Gasteiger partial charge on any atom is -0.335 e. The van der Waals surface area contributed by atoms with Gasteiger partial charge in [0.15, 0.2) is 5.82 Å². The molecule has 3 rings (SSSR count). The molecule has 0 bridgehead atoms. The van der Waals surface area contributed by atoms with Gasteiger partial charge in [-0.2, -0.15) is 0 Å². The summed E-state index contributed by atoms with van der Waals surface area (Å²) >= 11 is 1.19. The lowest BCUT2D eigenvalue weighted by atomic mass is 9.96. The van der Waals surface area contributed by atoms with E-state index in [0.717, 1.165) is 31.2 Å². The molecular formula is C18H23N5O2S. The molecular weight excluding hydrogens is 350 g/mol. The molecule has 1 heterocycles. The van der Waals surface area contributed by atoms with Crippen molar-refractivity contribution in [2.75, 3.05) is 5.75 Å². The zero-order valence-electron chi connectivity index (χ0n) is 14.7. The largest absolute Gasteiger partial charge is 0.335 e. The average molecular weight is 373 g/mol. The number of rotatable bonds is 5. The minimum absolute atomic E-state index is 0.0866. The molecule has 0 atom stereocenters. The molecule has 0 aliphatic heterocycles. The fourth-order valence-electron chi connectivity index (χ4n) is 2.91. The summed E-state index contributed by atoms with van der Waals surface area (Å²) in [5.41, 5.74) is 2.11. The first-order valence-electron chi connectivity index (χ1n) is 8.83. The maximum Gasteiger partial charge on any atom is 0.321 e. The molecule has 0 saturated heterocycles. The van der Waals surface area contributed by atoms with E-state index in [2.05, 4.69) is 25.8 Å². The zero-order valence-corrected chi connectivity index (χ0v) is 15.6. The lowest BCUT2D eigenvalue weighted by Gasteiger charge is -2.22. The van der Waals surface area contributed by atoms with E-state index < -0.39 is 6.03 Å². The van der Waals surface area contributed by atoms with Crippen molar-refractivity contribution in [3.63, 3.8) is 0 Å². The van der Waals surface area contributed by atoms with Gasteiger partial charge in [-0.15, -0.1) is 5.10 Å². The molecule has 1 aliphatic carbocycles. The van der Waals surface area contributed by atoms with Gasteiger partial charge in [0.2, 0.25) is 11.1 Å². The number of aromatic nitrogens is 3. The van der Waals surface area contributed by atoms with E-state index in [0.29, 0.717) is 11.0 Å². The standard InChI is InChI=1S/C18H23N5O2S/c1-12-7-9-13(10-8-12)16-21-18(23-22-16)26-11-15(24)20-17(25)19-14-5-3-2-4-6-14/h7-10,14H,2-6,11H2,1H3,(H,21,22,23)(H2,19,20,24,25). The number of imide groups is 1. The smallest absolute Gasteiger partial charge is 0.321 e.